The predicted molar refractivity (Wildman–Crippen MR) is 70.1 cm³/mol. The first-order chi connectivity index (χ1) is 8.29. The first kappa shape index (κ1) is 11.4. The van der Waals surface area contributed by atoms with E-state index in [1.54, 1.807) is 6.20 Å². The van der Waals surface area contributed by atoms with E-state index >= 15 is 0 Å². The second-order valence-corrected chi connectivity index (χ2v) is 3.84. The molecule has 0 unspecified atom stereocenters. The fourth-order valence-electron chi connectivity index (χ4n) is 1.56. The number of pyridine rings is 2. The van der Waals surface area contributed by atoms with E-state index in [9.17, 15) is 0 Å². The number of hydrogen-bond acceptors (Lipinski definition) is 4. The lowest BCUT2D eigenvalue weighted by molar-refractivity contribution is 1.08. The number of nitrogens with zero attached hydrogens (tertiary/aromatic N) is 2. The molecule has 4 nitrogen and oxygen atoms in total. The lowest BCUT2D eigenvalue weighted by atomic mass is 10.1. The molecule has 2 aromatic rings. The van der Waals surface area contributed by atoms with Crippen LogP contribution in [0.25, 0.3) is 0 Å². The Morgan fingerprint density at radius 3 is 2.88 bits per heavy atom. The number of hydrogen-bond donors (Lipinski definition) is 2. The Morgan fingerprint density at radius 1 is 1.24 bits per heavy atom. The van der Waals surface area contributed by atoms with Crippen molar-refractivity contribution < 1.29 is 0 Å². The van der Waals surface area contributed by atoms with Gasteiger partial charge in [0.1, 0.15) is 5.82 Å². The number of aryl methyl sites for hydroxylation is 1. The third-order valence-corrected chi connectivity index (χ3v) is 2.65. The van der Waals surface area contributed by atoms with Crippen molar-refractivity contribution in [3.8, 4) is 0 Å². The van der Waals surface area contributed by atoms with Crippen molar-refractivity contribution in [3.05, 3.63) is 47.9 Å². The van der Waals surface area contributed by atoms with Gasteiger partial charge in [0.25, 0.3) is 0 Å². The van der Waals surface area contributed by atoms with Crippen molar-refractivity contribution in [1.29, 1.82) is 0 Å². The van der Waals surface area contributed by atoms with E-state index in [4.69, 9.17) is 0 Å². The molecule has 0 aliphatic carbocycles. The van der Waals surface area contributed by atoms with Gasteiger partial charge in [0.15, 0.2) is 0 Å². The molecule has 0 atom stereocenters. The monoisotopic (exact) mass is 228 g/mol. The van der Waals surface area contributed by atoms with Crippen molar-refractivity contribution in [2.45, 2.75) is 13.5 Å². The van der Waals surface area contributed by atoms with Crippen LogP contribution in [0.5, 0.6) is 0 Å². The van der Waals surface area contributed by atoms with Crippen LogP contribution >= 0.6 is 0 Å². The van der Waals surface area contributed by atoms with Crippen LogP contribution in [0.15, 0.2) is 36.8 Å². The first-order valence-electron chi connectivity index (χ1n) is 5.57. The van der Waals surface area contributed by atoms with E-state index < -0.39 is 0 Å². The Bertz CT molecular complexity index is 496. The zero-order chi connectivity index (χ0) is 12.1. The molecule has 0 bridgehead atoms. The van der Waals surface area contributed by atoms with Crippen LogP contribution in [0.1, 0.15) is 11.1 Å². The molecule has 0 aromatic carbocycles. The van der Waals surface area contributed by atoms with E-state index in [1.807, 2.05) is 37.6 Å². The maximum Gasteiger partial charge on any atom is 0.127 e. The van der Waals surface area contributed by atoms with Gasteiger partial charge in [-0.3, -0.25) is 4.98 Å². The van der Waals surface area contributed by atoms with E-state index in [2.05, 4.69) is 27.5 Å². The minimum absolute atomic E-state index is 0.771. The summed E-state index contributed by atoms with van der Waals surface area (Å²) in [5.74, 6) is 0.859. The zero-order valence-electron chi connectivity index (χ0n) is 10.1. The SMILES string of the molecule is CNc1cc(NCc2cnccc2C)ccn1. The van der Waals surface area contributed by atoms with Gasteiger partial charge in [0, 0.05) is 43.9 Å². The lowest BCUT2D eigenvalue weighted by Crippen LogP contribution is -2.02. The molecule has 0 aliphatic heterocycles. The van der Waals surface area contributed by atoms with Gasteiger partial charge in [0.2, 0.25) is 0 Å². The molecule has 2 rings (SSSR count). The van der Waals surface area contributed by atoms with Gasteiger partial charge in [-0.1, -0.05) is 0 Å². The Hall–Kier alpha value is -2.10. The molecule has 0 aliphatic rings. The zero-order valence-corrected chi connectivity index (χ0v) is 10.1. The summed E-state index contributed by atoms with van der Waals surface area (Å²) >= 11 is 0. The molecule has 4 heteroatoms. The molecule has 17 heavy (non-hydrogen) atoms. The molecule has 0 radical (unpaired) electrons. The molecule has 0 spiro atoms. The largest absolute Gasteiger partial charge is 0.381 e. The van der Waals surface area contributed by atoms with Crippen molar-refractivity contribution in [1.82, 2.24) is 9.97 Å². The lowest BCUT2D eigenvalue weighted by Gasteiger charge is -2.09. The van der Waals surface area contributed by atoms with Crippen molar-refractivity contribution >= 4 is 11.5 Å². The molecule has 88 valence electrons. The van der Waals surface area contributed by atoms with Crippen molar-refractivity contribution in [3.63, 3.8) is 0 Å². The fourth-order valence-corrected chi connectivity index (χ4v) is 1.56. The van der Waals surface area contributed by atoms with Gasteiger partial charge in [-0.05, 0) is 30.2 Å². The van der Waals surface area contributed by atoms with E-state index in [-0.39, 0.29) is 0 Å². The predicted octanol–water partition coefficient (Wildman–Crippen LogP) is 2.44. The van der Waals surface area contributed by atoms with Gasteiger partial charge in [-0.15, -0.1) is 0 Å². The first-order valence-corrected chi connectivity index (χ1v) is 5.57. The van der Waals surface area contributed by atoms with Crippen LogP contribution in [0.3, 0.4) is 0 Å². The quantitative estimate of drug-likeness (QED) is 0.844. The fraction of sp³-hybridized carbons (Fsp3) is 0.231. The molecular weight excluding hydrogens is 212 g/mol. The highest BCUT2D eigenvalue weighted by Crippen LogP contribution is 2.13. The Labute approximate surface area is 101 Å². The van der Waals surface area contributed by atoms with Gasteiger partial charge < -0.3 is 10.6 Å². The molecule has 2 heterocycles. The smallest absolute Gasteiger partial charge is 0.127 e. The summed E-state index contributed by atoms with van der Waals surface area (Å²) in [6.07, 6.45) is 5.48. The van der Waals surface area contributed by atoms with Crippen molar-refractivity contribution in [2.75, 3.05) is 17.7 Å². The average Bonchev–Trinajstić information content (AvgIpc) is 2.38. The summed E-state index contributed by atoms with van der Waals surface area (Å²) in [7, 11) is 1.86. The van der Waals surface area contributed by atoms with Gasteiger partial charge in [0.05, 0.1) is 0 Å². The average molecular weight is 228 g/mol. The van der Waals surface area contributed by atoms with E-state index in [0.29, 0.717) is 0 Å². The summed E-state index contributed by atoms with van der Waals surface area (Å²) in [4.78, 5) is 8.29. The second kappa shape index (κ2) is 5.30. The normalized spacial score (nSPS) is 10.0. The Morgan fingerprint density at radius 2 is 2.12 bits per heavy atom. The Balaban J connectivity index is 2.05. The summed E-state index contributed by atoms with van der Waals surface area (Å²) in [5, 5.41) is 6.37. The maximum absolute atomic E-state index is 4.17. The molecule has 2 aromatic heterocycles. The number of aromatic nitrogens is 2. The summed E-state index contributed by atoms with van der Waals surface area (Å²) < 4.78 is 0. The number of nitrogens with one attached hydrogen (secondary N) is 2. The highest BCUT2D eigenvalue weighted by atomic mass is 15.0. The molecular formula is C13H16N4. The van der Waals surface area contributed by atoms with Crippen LogP contribution in [-0.4, -0.2) is 17.0 Å². The molecule has 2 N–H and O–H groups in total. The van der Waals surface area contributed by atoms with Crippen molar-refractivity contribution in [2.24, 2.45) is 0 Å². The van der Waals surface area contributed by atoms with Gasteiger partial charge in [-0.2, -0.15) is 0 Å². The molecule has 0 saturated carbocycles. The van der Waals surface area contributed by atoms with Crippen LogP contribution in [-0.2, 0) is 6.54 Å². The van der Waals surface area contributed by atoms with E-state index in [0.717, 1.165) is 18.1 Å². The Kier molecular flexibility index (Phi) is 3.55. The number of anilines is 2. The minimum atomic E-state index is 0.771. The summed E-state index contributed by atoms with van der Waals surface area (Å²) in [6, 6.07) is 5.95. The summed E-state index contributed by atoms with van der Waals surface area (Å²) in [6.45, 7) is 2.86. The maximum atomic E-state index is 4.17. The van der Waals surface area contributed by atoms with Crippen LogP contribution in [0.4, 0.5) is 11.5 Å². The standard InChI is InChI=1S/C13H16N4/c1-10-3-5-15-8-11(10)9-17-12-4-6-16-13(7-12)14-2/h3-8H,9H2,1-2H3,(H2,14,16,17). The topological polar surface area (TPSA) is 49.8 Å². The van der Waals surface area contributed by atoms with Gasteiger partial charge >= 0.3 is 0 Å². The highest BCUT2D eigenvalue weighted by Gasteiger charge is 1.99. The van der Waals surface area contributed by atoms with Crippen LogP contribution in [0, 0.1) is 6.92 Å². The van der Waals surface area contributed by atoms with E-state index in [1.165, 1.54) is 11.1 Å². The molecule has 0 amide bonds. The van der Waals surface area contributed by atoms with Crippen LogP contribution in [0.2, 0.25) is 0 Å². The minimum Gasteiger partial charge on any atom is -0.381 e. The van der Waals surface area contributed by atoms with Crippen LogP contribution < -0.4 is 10.6 Å². The molecule has 0 saturated heterocycles. The van der Waals surface area contributed by atoms with Gasteiger partial charge in [-0.25, -0.2) is 4.98 Å². The highest BCUT2D eigenvalue weighted by molar-refractivity contribution is 5.51. The summed E-state index contributed by atoms with van der Waals surface area (Å²) in [5.41, 5.74) is 3.50. The number of rotatable bonds is 4. The second-order valence-electron chi connectivity index (χ2n) is 3.84. The molecule has 0 fully saturated rings. The third-order valence-electron chi connectivity index (χ3n) is 2.65. The third kappa shape index (κ3) is 2.93.